The van der Waals surface area contributed by atoms with Crippen molar-refractivity contribution < 1.29 is 28.5 Å². The van der Waals surface area contributed by atoms with Crippen LogP contribution < -0.4 is 30.0 Å². The normalized spacial score (nSPS) is 15.7. The van der Waals surface area contributed by atoms with Crippen LogP contribution in [0.2, 0.25) is 0 Å². The van der Waals surface area contributed by atoms with Gasteiger partial charge in [-0.3, -0.25) is 9.59 Å². The highest BCUT2D eigenvalue weighted by molar-refractivity contribution is 6.00. The molecule has 1 atom stereocenters. The maximum Gasteiger partial charge on any atom is 0.408 e. The molecule has 2 heterocycles. The first kappa shape index (κ1) is 23.9. The van der Waals surface area contributed by atoms with Crippen LogP contribution in [0.1, 0.15) is 20.8 Å². The van der Waals surface area contributed by atoms with Crippen LogP contribution in [0.15, 0.2) is 35.3 Å². The lowest BCUT2D eigenvalue weighted by molar-refractivity contribution is -0.120. The van der Waals surface area contributed by atoms with Crippen LogP contribution in [-0.2, 0) is 16.1 Å². The average molecular weight is 460 g/mol. The Bertz CT molecular complexity index is 1080. The number of hydrogen-bond acceptors (Lipinski definition) is 8. The van der Waals surface area contributed by atoms with Crippen molar-refractivity contribution in [2.75, 3.05) is 32.3 Å². The number of amides is 2. The molecule has 11 heteroatoms. The summed E-state index contributed by atoms with van der Waals surface area (Å²) in [4.78, 5) is 38.4. The lowest BCUT2D eigenvalue weighted by Gasteiger charge is -2.23. The quantitative estimate of drug-likeness (QED) is 0.690. The third-order valence-corrected chi connectivity index (χ3v) is 4.67. The standard InChI is InChI=1S/C22H28N4O7/c1-22(2,3)33-21(29)24-16-13-32-18-7-6-14(10-17(18)25(4)20(16)28)31-9-8-26-19(27)11-15(30-5)12-23-26/h6-7,10-12,16H,8-9,13H2,1-5H3,(H,24,29)/t16-/m0/s1. The Morgan fingerprint density at radius 1 is 1.24 bits per heavy atom. The van der Waals surface area contributed by atoms with E-state index in [9.17, 15) is 14.4 Å². The van der Waals surface area contributed by atoms with Gasteiger partial charge in [0, 0.05) is 19.2 Å². The highest BCUT2D eigenvalue weighted by Gasteiger charge is 2.32. The monoisotopic (exact) mass is 460 g/mol. The fourth-order valence-electron chi connectivity index (χ4n) is 3.07. The molecule has 0 bridgehead atoms. The number of ether oxygens (including phenoxy) is 4. The van der Waals surface area contributed by atoms with Crippen molar-refractivity contribution in [3.8, 4) is 17.2 Å². The SMILES string of the molecule is COc1cnn(CCOc2ccc3c(c2)N(C)C(=O)[C@@H](NC(=O)OC(C)(C)C)CO3)c(=O)c1. The van der Waals surface area contributed by atoms with Gasteiger partial charge in [0.05, 0.1) is 25.5 Å². The molecule has 33 heavy (non-hydrogen) atoms. The van der Waals surface area contributed by atoms with Crippen molar-refractivity contribution in [3.05, 3.63) is 40.8 Å². The second-order valence-electron chi connectivity index (χ2n) is 8.34. The highest BCUT2D eigenvalue weighted by Crippen LogP contribution is 2.34. The fourth-order valence-corrected chi connectivity index (χ4v) is 3.07. The summed E-state index contributed by atoms with van der Waals surface area (Å²) in [7, 11) is 3.05. The van der Waals surface area contributed by atoms with Crippen LogP contribution in [0, 0.1) is 0 Å². The number of fused-ring (bicyclic) bond motifs is 1. The zero-order valence-corrected chi connectivity index (χ0v) is 19.3. The van der Waals surface area contributed by atoms with Crippen LogP contribution in [-0.4, -0.2) is 60.8 Å². The summed E-state index contributed by atoms with van der Waals surface area (Å²) in [5, 5.41) is 6.57. The van der Waals surface area contributed by atoms with Crippen LogP contribution in [0.5, 0.6) is 17.2 Å². The Labute approximate surface area is 191 Å². The molecule has 2 aromatic rings. The minimum atomic E-state index is -0.908. The van der Waals surface area contributed by atoms with Gasteiger partial charge in [-0.15, -0.1) is 0 Å². The molecule has 1 aliphatic rings. The molecular weight excluding hydrogens is 432 g/mol. The molecule has 178 valence electrons. The summed E-state index contributed by atoms with van der Waals surface area (Å²) in [6, 6.07) is 5.47. The van der Waals surface area contributed by atoms with E-state index in [4.69, 9.17) is 18.9 Å². The van der Waals surface area contributed by atoms with E-state index in [1.807, 2.05) is 0 Å². The summed E-state index contributed by atoms with van der Waals surface area (Å²) in [6.07, 6.45) is 0.749. The Hall–Kier alpha value is -3.76. The van der Waals surface area contributed by atoms with Crippen LogP contribution >= 0.6 is 0 Å². The molecule has 11 nitrogen and oxygen atoms in total. The highest BCUT2D eigenvalue weighted by atomic mass is 16.6. The molecule has 1 aromatic carbocycles. The molecule has 0 radical (unpaired) electrons. The lowest BCUT2D eigenvalue weighted by atomic mass is 10.2. The first-order chi connectivity index (χ1) is 15.6. The Morgan fingerprint density at radius 2 is 2.00 bits per heavy atom. The molecule has 0 saturated heterocycles. The van der Waals surface area contributed by atoms with Crippen molar-refractivity contribution in [2.24, 2.45) is 0 Å². The van der Waals surface area contributed by atoms with Crippen molar-refractivity contribution in [2.45, 2.75) is 39.0 Å². The first-order valence-corrected chi connectivity index (χ1v) is 10.4. The number of anilines is 1. The number of carbonyl (C=O) groups is 2. The molecule has 1 N–H and O–H groups in total. The smallest absolute Gasteiger partial charge is 0.408 e. The van der Waals surface area contributed by atoms with Crippen LogP contribution in [0.25, 0.3) is 0 Å². The Kier molecular flexibility index (Phi) is 7.10. The Balaban J connectivity index is 1.65. The van der Waals surface area contributed by atoms with Gasteiger partial charge in [-0.2, -0.15) is 5.10 Å². The molecule has 0 unspecified atom stereocenters. The number of methoxy groups -OCH3 is 1. The van der Waals surface area contributed by atoms with Gasteiger partial charge in [-0.25, -0.2) is 9.48 Å². The maximum absolute atomic E-state index is 12.9. The molecular formula is C22H28N4O7. The molecule has 0 spiro atoms. The van der Waals surface area contributed by atoms with E-state index < -0.39 is 17.7 Å². The van der Waals surface area contributed by atoms with E-state index in [2.05, 4.69) is 10.4 Å². The molecule has 2 amide bonds. The predicted octanol–water partition coefficient (Wildman–Crippen LogP) is 1.58. The lowest BCUT2D eigenvalue weighted by Crippen LogP contribution is -2.50. The van der Waals surface area contributed by atoms with E-state index in [-0.39, 0.29) is 31.2 Å². The third kappa shape index (κ3) is 6.15. The van der Waals surface area contributed by atoms with Crippen molar-refractivity contribution in [3.63, 3.8) is 0 Å². The van der Waals surface area contributed by atoms with E-state index >= 15 is 0 Å². The van der Waals surface area contributed by atoms with Gasteiger partial charge in [-0.05, 0) is 32.9 Å². The van der Waals surface area contributed by atoms with Crippen molar-refractivity contribution >= 4 is 17.7 Å². The van der Waals surface area contributed by atoms with Gasteiger partial charge in [-0.1, -0.05) is 0 Å². The number of likely N-dealkylation sites (N-methyl/N-ethyl adjacent to an activating group) is 1. The number of nitrogens with one attached hydrogen (secondary N) is 1. The van der Waals surface area contributed by atoms with E-state index in [0.717, 1.165) is 0 Å². The van der Waals surface area contributed by atoms with Crippen molar-refractivity contribution in [1.29, 1.82) is 0 Å². The van der Waals surface area contributed by atoms with E-state index in [1.54, 1.807) is 46.0 Å². The maximum atomic E-state index is 12.9. The van der Waals surface area contributed by atoms with Gasteiger partial charge < -0.3 is 29.2 Å². The number of carbonyl (C=O) groups excluding carboxylic acids is 2. The van der Waals surface area contributed by atoms with Gasteiger partial charge in [0.2, 0.25) is 0 Å². The second-order valence-corrected chi connectivity index (χ2v) is 8.34. The topological polar surface area (TPSA) is 121 Å². The minimum absolute atomic E-state index is 0.0400. The summed E-state index contributed by atoms with van der Waals surface area (Å²) < 4.78 is 23.0. The zero-order valence-electron chi connectivity index (χ0n) is 19.3. The molecule has 0 fully saturated rings. The summed E-state index contributed by atoms with van der Waals surface area (Å²) in [5.74, 6) is 0.984. The van der Waals surface area contributed by atoms with Gasteiger partial charge in [0.25, 0.3) is 11.5 Å². The molecule has 0 aliphatic carbocycles. The van der Waals surface area contributed by atoms with Crippen molar-refractivity contribution in [1.82, 2.24) is 15.1 Å². The second kappa shape index (κ2) is 9.80. The van der Waals surface area contributed by atoms with E-state index in [0.29, 0.717) is 22.9 Å². The first-order valence-electron chi connectivity index (χ1n) is 10.4. The largest absolute Gasteiger partial charge is 0.495 e. The average Bonchev–Trinajstić information content (AvgIpc) is 2.85. The van der Waals surface area contributed by atoms with Gasteiger partial charge in [0.15, 0.2) is 0 Å². The number of hydrogen-bond donors (Lipinski definition) is 1. The van der Waals surface area contributed by atoms with Gasteiger partial charge >= 0.3 is 6.09 Å². The van der Waals surface area contributed by atoms with Gasteiger partial charge in [0.1, 0.15) is 42.1 Å². The van der Waals surface area contributed by atoms with E-state index in [1.165, 1.54) is 29.0 Å². The zero-order chi connectivity index (χ0) is 24.2. The number of alkyl carbamates (subject to hydrolysis) is 1. The molecule has 1 aromatic heterocycles. The third-order valence-electron chi connectivity index (χ3n) is 4.67. The Morgan fingerprint density at radius 3 is 2.67 bits per heavy atom. The van der Waals surface area contributed by atoms with Crippen LogP contribution in [0.4, 0.5) is 10.5 Å². The predicted molar refractivity (Wildman–Crippen MR) is 119 cm³/mol. The number of rotatable bonds is 6. The molecule has 3 rings (SSSR count). The number of aromatic nitrogens is 2. The summed E-state index contributed by atoms with van der Waals surface area (Å²) >= 11 is 0. The number of benzene rings is 1. The number of nitrogens with zero attached hydrogens (tertiary/aromatic N) is 3. The summed E-state index contributed by atoms with van der Waals surface area (Å²) in [5.41, 5.74) is -0.500. The fraction of sp³-hybridized carbons (Fsp3) is 0.455. The molecule has 0 saturated carbocycles. The minimum Gasteiger partial charge on any atom is -0.495 e. The summed E-state index contributed by atoms with van der Waals surface area (Å²) in [6.45, 7) is 5.59. The van der Waals surface area contributed by atoms with Crippen LogP contribution in [0.3, 0.4) is 0 Å². The molecule has 1 aliphatic heterocycles.